The number of urea groups is 1. The fourth-order valence-corrected chi connectivity index (χ4v) is 9.53. The number of piperidine rings is 2. The van der Waals surface area contributed by atoms with E-state index in [9.17, 15) is 40.7 Å². The van der Waals surface area contributed by atoms with Crippen molar-refractivity contribution in [1.82, 2.24) is 24.5 Å². The van der Waals surface area contributed by atoms with Gasteiger partial charge in [0.2, 0.25) is 0 Å². The van der Waals surface area contributed by atoms with Crippen molar-refractivity contribution < 1.29 is 45.5 Å². The van der Waals surface area contributed by atoms with Crippen LogP contribution in [0.25, 0.3) is 0 Å². The van der Waals surface area contributed by atoms with Crippen molar-refractivity contribution in [3.63, 3.8) is 0 Å². The number of nitrogen functional groups attached to an aromatic ring is 1. The summed E-state index contributed by atoms with van der Waals surface area (Å²) >= 11 is 1.43. The number of anilines is 2. The zero-order chi connectivity index (χ0) is 37.8. The third-order valence-corrected chi connectivity index (χ3v) is 12.6. The molecule has 18 heteroatoms. The van der Waals surface area contributed by atoms with Crippen LogP contribution in [-0.2, 0) is 34.8 Å². The van der Waals surface area contributed by atoms with Crippen molar-refractivity contribution in [3.05, 3.63) is 45.8 Å². The van der Waals surface area contributed by atoms with Crippen LogP contribution in [0.2, 0.25) is 0 Å². The lowest BCUT2D eigenvalue weighted by atomic mass is 9.95. The smallest absolute Gasteiger partial charge is 0.418 e. The van der Waals surface area contributed by atoms with Crippen LogP contribution < -0.4 is 11.1 Å². The topological polar surface area (TPSA) is 115 Å². The van der Waals surface area contributed by atoms with Gasteiger partial charge in [0.15, 0.2) is 6.10 Å². The number of carbonyl (C=O) groups is 3. The van der Waals surface area contributed by atoms with E-state index in [0.29, 0.717) is 62.7 Å². The quantitative estimate of drug-likeness (QED) is 0.287. The van der Waals surface area contributed by atoms with E-state index in [2.05, 4.69) is 22.2 Å². The Morgan fingerprint density at radius 1 is 0.887 bits per heavy atom. The molecule has 5 aliphatic heterocycles. The van der Waals surface area contributed by atoms with Gasteiger partial charge in [-0.1, -0.05) is 0 Å². The molecule has 0 aliphatic carbocycles. The third kappa shape index (κ3) is 7.76. The fourth-order valence-electron chi connectivity index (χ4n) is 8.73. The largest absolute Gasteiger partial charge is 0.436 e. The normalized spacial score (nSPS) is 25.3. The first-order valence-corrected chi connectivity index (χ1v) is 18.9. The monoisotopic (exact) mass is 771 g/mol. The highest BCUT2D eigenvalue weighted by Gasteiger charge is 2.44. The van der Waals surface area contributed by atoms with E-state index in [4.69, 9.17) is 10.5 Å². The standard InChI is InChI=1S/C35H43F6N7O4S/c1-44-23-2-3-24(44)18-25(17-23)45-9-11-46(12-10-45)31(49)28(16-20-14-26(34(36,37)38)29(42)27(15-20)35(39,40)41)52-33(51)47-7-4-22(5-8-47)48-19-21-6-13-53-30(21)43-32(48)50/h6,13-15,22-25,28H,2-5,7-12,16-19,42H2,1H3,(H,43,50)/t23?,24?,25?,28-/m1/s1. The molecule has 6 heterocycles. The number of piperazine rings is 1. The number of nitrogens with one attached hydrogen (secondary N) is 1. The van der Waals surface area contributed by atoms with Gasteiger partial charge in [0.1, 0.15) is 5.00 Å². The Morgan fingerprint density at radius 2 is 1.49 bits per heavy atom. The summed E-state index contributed by atoms with van der Waals surface area (Å²) in [6.45, 7) is 2.39. The molecule has 1 aromatic heterocycles. The SMILES string of the molecule is CN1C2CCC1CC(N1CCN(C(=O)[C@@H](Cc3cc(C(F)(F)F)c(N)c(C(F)(F)F)c3)OC(=O)N3CCC(N4Cc5ccsc5NC4=O)CC3)CC1)C2. The Hall–Kier alpha value is -3.77. The van der Waals surface area contributed by atoms with Crippen LogP contribution in [0.3, 0.4) is 0 Å². The zero-order valence-corrected chi connectivity index (χ0v) is 30.0. The van der Waals surface area contributed by atoms with E-state index < -0.39 is 59.3 Å². The Balaban J connectivity index is 1.06. The lowest BCUT2D eigenvalue weighted by Gasteiger charge is -2.45. The number of hydrogen-bond acceptors (Lipinski definition) is 8. The molecule has 3 N–H and O–H groups in total. The molecule has 0 saturated carbocycles. The van der Waals surface area contributed by atoms with Gasteiger partial charge in [-0.25, -0.2) is 9.59 Å². The van der Waals surface area contributed by atoms with Gasteiger partial charge in [-0.3, -0.25) is 15.0 Å². The predicted octanol–water partition coefficient (Wildman–Crippen LogP) is 5.70. The molecule has 290 valence electrons. The van der Waals surface area contributed by atoms with Crippen molar-refractivity contribution in [2.24, 2.45) is 0 Å². The average Bonchev–Trinajstić information content (AvgIpc) is 3.63. The number of halogens is 6. The van der Waals surface area contributed by atoms with Crippen LogP contribution in [0.1, 0.15) is 60.8 Å². The summed E-state index contributed by atoms with van der Waals surface area (Å²) in [6.07, 6.45) is -8.57. The summed E-state index contributed by atoms with van der Waals surface area (Å²) in [6, 6.07) is 3.87. The van der Waals surface area contributed by atoms with Crippen LogP contribution >= 0.6 is 11.3 Å². The predicted molar refractivity (Wildman–Crippen MR) is 184 cm³/mol. The van der Waals surface area contributed by atoms with Gasteiger partial charge in [-0.15, -0.1) is 11.3 Å². The minimum Gasteiger partial charge on any atom is -0.436 e. The average molecular weight is 772 g/mol. The minimum absolute atomic E-state index is 0.167. The van der Waals surface area contributed by atoms with Crippen molar-refractivity contribution in [2.75, 3.05) is 57.4 Å². The lowest BCUT2D eigenvalue weighted by Crippen LogP contribution is -2.57. The van der Waals surface area contributed by atoms with E-state index in [-0.39, 0.29) is 38.3 Å². The molecule has 2 bridgehead atoms. The third-order valence-electron chi connectivity index (χ3n) is 11.7. The van der Waals surface area contributed by atoms with Crippen molar-refractivity contribution in [3.8, 4) is 0 Å². The number of benzene rings is 1. The number of amides is 4. The van der Waals surface area contributed by atoms with Crippen molar-refractivity contribution >= 4 is 40.1 Å². The number of rotatable bonds is 6. The number of likely N-dealkylation sites (tertiary alicyclic amines) is 1. The Kier molecular flexibility index (Phi) is 10.2. The van der Waals surface area contributed by atoms with Gasteiger partial charge in [-0.05, 0) is 74.7 Å². The number of nitrogens with two attached hydrogens (primary N) is 1. The fraction of sp³-hybridized carbons (Fsp3) is 0.629. The molecule has 7 rings (SSSR count). The van der Waals surface area contributed by atoms with Crippen LogP contribution in [0, 0.1) is 0 Å². The molecular weight excluding hydrogens is 728 g/mol. The second kappa shape index (κ2) is 14.5. The number of ether oxygens (including phenoxy) is 1. The van der Waals surface area contributed by atoms with Crippen LogP contribution in [0.5, 0.6) is 0 Å². The second-order valence-corrected chi connectivity index (χ2v) is 15.7. The van der Waals surface area contributed by atoms with Gasteiger partial charge < -0.3 is 30.1 Å². The highest BCUT2D eigenvalue weighted by atomic mass is 32.1. The van der Waals surface area contributed by atoms with Gasteiger partial charge >= 0.3 is 24.5 Å². The van der Waals surface area contributed by atoms with E-state index >= 15 is 0 Å². The summed E-state index contributed by atoms with van der Waals surface area (Å²) in [5.41, 5.74) is 1.03. The van der Waals surface area contributed by atoms with Crippen LogP contribution in [0.15, 0.2) is 23.6 Å². The van der Waals surface area contributed by atoms with Gasteiger partial charge in [0, 0.05) is 75.4 Å². The number of alkyl halides is 6. The van der Waals surface area contributed by atoms with Gasteiger partial charge in [0.25, 0.3) is 5.91 Å². The van der Waals surface area contributed by atoms with Crippen LogP contribution in [-0.4, -0.2) is 119 Å². The molecule has 4 amide bonds. The maximum absolute atomic E-state index is 14.1. The molecule has 0 radical (unpaired) electrons. The zero-order valence-electron chi connectivity index (χ0n) is 29.2. The number of nitrogens with zero attached hydrogens (tertiary/aromatic N) is 5. The first-order valence-electron chi connectivity index (χ1n) is 18.0. The minimum atomic E-state index is -5.21. The van der Waals surface area contributed by atoms with E-state index in [1.54, 1.807) is 4.90 Å². The molecule has 11 nitrogen and oxygen atoms in total. The van der Waals surface area contributed by atoms with Crippen molar-refractivity contribution in [1.29, 1.82) is 0 Å². The number of hydrogen-bond donors (Lipinski definition) is 2. The highest BCUT2D eigenvalue weighted by molar-refractivity contribution is 7.14. The molecule has 2 unspecified atom stereocenters. The second-order valence-electron chi connectivity index (χ2n) is 14.8. The first-order chi connectivity index (χ1) is 25.1. The Labute approximate surface area is 307 Å². The molecule has 4 fully saturated rings. The van der Waals surface area contributed by atoms with E-state index in [1.807, 2.05) is 11.4 Å². The molecule has 2 aromatic rings. The molecule has 4 saturated heterocycles. The number of fused-ring (bicyclic) bond motifs is 3. The lowest BCUT2D eigenvalue weighted by molar-refractivity contribution is -0.143. The Morgan fingerprint density at radius 3 is 2.08 bits per heavy atom. The van der Waals surface area contributed by atoms with Gasteiger partial charge in [0.05, 0.1) is 23.4 Å². The summed E-state index contributed by atoms with van der Waals surface area (Å²) in [4.78, 5) is 49.7. The van der Waals surface area contributed by atoms with Gasteiger partial charge in [-0.2, -0.15) is 26.3 Å². The highest BCUT2D eigenvalue weighted by Crippen LogP contribution is 2.43. The number of thiophene rings is 1. The van der Waals surface area contributed by atoms with Crippen LogP contribution in [0.4, 0.5) is 46.6 Å². The summed E-state index contributed by atoms with van der Waals surface area (Å²) in [5, 5.41) is 5.56. The molecule has 1 aromatic carbocycles. The molecule has 53 heavy (non-hydrogen) atoms. The Bertz CT molecular complexity index is 1660. The molecule has 3 atom stereocenters. The van der Waals surface area contributed by atoms with E-state index in [0.717, 1.165) is 36.2 Å². The summed E-state index contributed by atoms with van der Waals surface area (Å²) < 4.78 is 89.1. The molecule has 0 spiro atoms. The summed E-state index contributed by atoms with van der Waals surface area (Å²) in [5.74, 6) is -0.688. The molecule has 5 aliphatic rings. The maximum atomic E-state index is 14.1. The van der Waals surface area contributed by atoms with Crippen molar-refractivity contribution in [2.45, 2.75) is 94.1 Å². The maximum Gasteiger partial charge on any atom is 0.418 e. The van der Waals surface area contributed by atoms with E-state index in [1.165, 1.54) is 21.1 Å². The summed E-state index contributed by atoms with van der Waals surface area (Å²) in [7, 11) is 2.15. The number of carbonyl (C=O) groups excluding carboxylic acids is 3. The molecular formula is C35H43F6N7O4S. The first kappa shape index (κ1) is 37.5.